The summed E-state index contributed by atoms with van der Waals surface area (Å²) in [6.07, 6.45) is 2.21. The van der Waals surface area contributed by atoms with Gasteiger partial charge < -0.3 is 10.0 Å². The van der Waals surface area contributed by atoms with Crippen LogP contribution in [0.2, 0.25) is 0 Å². The van der Waals surface area contributed by atoms with Crippen molar-refractivity contribution >= 4 is 5.97 Å². The lowest BCUT2D eigenvalue weighted by Gasteiger charge is -2.24. The average molecular weight is 247 g/mol. The molecule has 1 fully saturated rings. The molecule has 0 radical (unpaired) electrons. The molecule has 0 aliphatic carbocycles. The van der Waals surface area contributed by atoms with E-state index in [1.54, 1.807) is 0 Å². The third kappa shape index (κ3) is 3.10. The summed E-state index contributed by atoms with van der Waals surface area (Å²) in [4.78, 5) is 12.9. The first kappa shape index (κ1) is 13.1. The quantitative estimate of drug-likeness (QED) is 0.869. The molecule has 0 unspecified atom stereocenters. The van der Waals surface area contributed by atoms with Crippen molar-refractivity contribution in [2.24, 2.45) is 0 Å². The van der Waals surface area contributed by atoms with Crippen molar-refractivity contribution in [3.05, 3.63) is 35.9 Å². The molecule has 0 bridgehead atoms. The van der Waals surface area contributed by atoms with E-state index < -0.39 is 5.97 Å². The lowest BCUT2D eigenvalue weighted by Crippen LogP contribution is -2.30. The number of hydrogen-bond acceptors (Lipinski definition) is 2. The van der Waals surface area contributed by atoms with E-state index in [0.717, 1.165) is 19.5 Å². The Hall–Kier alpha value is -1.35. The molecular weight excluding hydrogens is 226 g/mol. The van der Waals surface area contributed by atoms with Crippen molar-refractivity contribution in [3.63, 3.8) is 0 Å². The largest absolute Gasteiger partial charge is 0.481 e. The number of likely N-dealkylation sites (tertiary alicyclic amines) is 1. The lowest BCUT2D eigenvalue weighted by atomic mass is 9.93. The fourth-order valence-corrected chi connectivity index (χ4v) is 2.90. The number of carboxylic acids is 1. The molecule has 1 aliphatic rings. The van der Waals surface area contributed by atoms with Gasteiger partial charge >= 0.3 is 5.97 Å². The molecule has 1 aromatic carbocycles. The Balaban J connectivity index is 1.89. The van der Waals surface area contributed by atoms with Gasteiger partial charge in [0.2, 0.25) is 0 Å². The van der Waals surface area contributed by atoms with Crippen LogP contribution in [0.25, 0.3) is 0 Å². The van der Waals surface area contributed by atoms with Crippen LogP contribution in [0.5, 0.6) is 0 Å². The van der Waals surface area contributed by atoms with Crippen LogP contribution >= 0.6 is 0 Å². The van der Waals surface area contributed by atoms with E-state index in [-0.39, 0.29) is 6.42 Å². The summed E-state index contributed by atoms with van der Waals surface area (Å²) in [5, 5.41) is 8.66. The van der Waals surface area contributed by atoms with Gasteiger partial charge in [-0.1, -0.05) is 30.3 Å². The molecule has 2 atom stereocenters. The number of nitrogens with zero attached hydrogens (tertiary/aromatic N) is 1. The van der Waals surface area contributed by atoms with Crippen LogP contribution in [0.15, 0.2) is 30.3 Å². The fourth-order valence-electron chi connectivity index (χ4n) is 2.90. The summed E-state index contributed by atoms with van der Waals surface area (Å²) in [5.41, 5.74) is 1.41. The molecule has 2 rings (SSSR count). The smallest absolute Gasteiger partial charge is 0.303 e. The number of aliphatic carboxylic acids is 1. The van der Waals surface area contributed by atoms with Crippen LogP contribution in [0.1, 0.15) is 37.7 Å². The summed E-state index contributed by atoms with van der Waals surface area (Å²) in [5.74, 6) is -0.0995. The van der Waals surface area contributed by atoms with Crippen molar-refractivity contribution < 1.29 is 9.90 Å². The van der Waals surface area contributed by atoms with Gasteiger partial charge in [0.25, 0.3) is 0 Å². The average Bonchev–Trinajstić information content (AvgIpc) is 2.72. The monoisotopic (exact) mass is 247 g/mol. The lowest BCUT2D eigenvalue weighted by molar-refractivity contribution is -0.137. The molecule has 0 amide bonds. The van der Waals surface area contributed by atoms with Crippen LogP contribution in [0.4, 0.5) is 0 Å². The van der Waals surface area contributed by atoms with E-state index >= 15 is 0 Å². The van der Waals surface area contributed by atoms with Gasteiger partial charge in [-0.3, -0.25) is 4.79 Å². The van der Waals surface area contributed by atoms with Crippen molar-refractivity contribution in [3.8, 4) is 0 Å². The fraction of sp³-hybridized carbons (Fsp3) is 0.533. The second kappa shape index (κ2) is 6.01. The Kier molecular flexibility index (Phi) is 4.37. The first-order valence-electron chi connectivity index (χ1n) is 6.69. The molecule has 18 heavy (non-hydrogen) atoms. The van der Waals surface area contributed by atoms with E-state index in [9.17, 15) is 4.79 Å². The Morgan fingerprint density at radius 2 is 2.11 bits per heavy atom. The van der Waals surface area contributed by atoms with Crippen molar-refractivity contribution in [2.45, 2.75) is 38.1 Å². The SMILES string of the molecule is C[C@@H]1[C@H](c2ccccc2)CCN1CCCC(=O)O. The molecule has 0 spiro atoms. The van der Waals surface area contributed by atoms with Crippen molar-refractivity contribution in [2.75, 3.05) is 13.1 Å². The van der Waals surface area contributed by atoms with E-state index in [0.29, 0.717) is 12.0 Å². The molecule has 3 heteroatoms. The van der Waals surface area contributed by atoms with Gasteiger partial charge in [-0.15, -0.1) is 0 Å². The van der Waals surface area contributed by atoms with Crippen LogP contribution in [-0.4, -0.2) is 35.1 Å². The topological polar surface area (TPSA) is 40.5 Å². The Morgan fingerprint density at radius 1 is 1.39 bits per heavy atom. The number of hydrogen-bond donors (Lipinski definition) is 1. The van der Waals surface area contributed by atoms with Crippen LogP contribution < -0.4 is 0 Å². The van der Waals surface area contributed by atoms with E-state index in [1.165, 1.54) is 12.0 Å². The predicted octanol–water partition coefficient (Wildman–Crippen LogP) is 2.73. The van der Waals surface area contributed by atoms with E-state index in [2.05, 4.69) is 36.1 Å². The van der Waals surface area contributed by atoms with Crippen molar-refractivity contribution in [1.82, 2.24) is 4.90 Å². The third-order valence-electron chi connectivity index (χ3n) is 3.95. The highest BCUT2D eigenvalue weighted by molar-refractivity contribution is 5.66. The van der Waals surface area contributed by atoms with Crippen LogP contribution in [0.3, 0.4) is 0 Å². The first-order chi connectivity index (χ1) is 8.68. The molecule has 1 aromatic rings. The number of benzene rings is 1. The summed E-state index contributed by atoms with van der Waals surface area (Å²) in [7, 11) is 0. The van der Waals surface area contributed by atoms with Gasteiger partial charge in [-0.05, 0) is 38.4 Å². The predicted molar refractivity (Wildman–Crippen MR) is 71.7 cm³/mol. The highest BCUT2D eigenvalue weighted by Gasteiger charge is 2.30. The minimum atomic E-state index is -0.693. The number of carboxylic acid groups (broad SMARTS) is 1. The maximum Gasteiger partial charge on any atom is 0.303 e. The molecule has 1 N–H and O–H groups in total. The molecule has 1 saturated heterocycles. The molecule has 0 saturated carbocycles. The van der Waals surface area contributed by atoms with Gasteiger partial charge in [-0.25, -0.2) is 0 Å². The Labute approximate surface area is 108 Å². The maximum absolute atomic E-state index is 10.5. The normalized spacial score (nSPS) is 24.3. The van der Waals surface area contributed by atoms with Crippen molar-refractivity contribution in [1.29, 1.82) is 0 Å². The minimum Gasteiger partial charge on any atom is -0.481 e. The number of carbonyl (C=O) groups is 1. The zero-order valence-electron chi connectivity index (χ0n) is 10.9. The van der Waals surface area contributed by atoms with Gasteiger partial charge in [0, 0.05) is 18.4 Å². The highest BCUT2D eigenvalue weighted by Crippen LogP contribution is 2.33. The molecule has 1 aliphatic heterocycles. The molecule has 3 nitrogen and oxygen atoms in total. The Bertz CT molecular complexity index is 391. The summed E-state index contributed by atoms with van der Waals surface area (Å²) in [6, 6.07) is 11.1. The van der Waals surface area contributed by atoms with E-state index in [4.69, 9.17) is 5.11 Å². The zero-order chi connectivity index (χ0) is 13.0. The number of rotatable bonds is 5. The molecular formula is C15H21NO2. The molecule has 0 aromatic heterocycles. The van der Waals surface area contributed by atoms with Gasteiger partial charge in [-0.2, -0.15) is 0 Å². The second-order valence-electron chi connectivity index (χ2n) is 5.08. The highest BCUT2D eigenvalue weighted by atomic mass is 16.4. The van der Waals surface area contributed by atoms with Crippen LogP contribution in [0, 0.1) is 0 Å². The maximum atomic E-state index is 10.5. The van der Waals surface area contributed by atoms with E-state index in [1.807, 2.05) is 6.07 Å². The minimum absolute atomic E-state index is 0.277. The second-order valence-corrected chi connectivity index (χ2v) is 5.08. The molecule has 1 heterocycles. The third-order valence-corrected chi connectivity index (χ3v) is 3.95. The summed E-state index contributed by atoms with van der Waals surface area (Å²) >= 11 is 0. The van der Waals surface area contributed by atoms with Gasteiger partial charge in [0.15, 0.2) is 0 Å². The van der Waals surface area contributed by atoms with Gasteiger partial charge in [0.05, 0.1) is 0 Å². The first-order valence-corrected chi connectivity index (χ1v) is 6.69. The Morgan fingerprint density at radius 3 is 2.78 bits per heavy atom. The van der Waals surface area contributed by atoms with Crippen LogP contribution in [-0.2, 0) is 4.79 Å². The molecule has 98 valence electrons. The zero-order valence-corrected chi connectivity index (χ0v) is 10.9. The van der Waals surface area contributed by atoms with Gasteiger partial charge in [0.1, 0.15) is 0 Å². The standard InChI is InChI=1S/C15H21NO2/c1-12-14(13-6-3-2-4-7-13)9-11-16(12)10-5-8-15(17)18/h2-4,6-7,12,14H,5,8-11H2,1H3,(H,17,18)/t12-,14-/m1/s1. The summed E-state index contributed by atoms with van der Waals surface area (Å²) < 4.78 is 0. The summed E-state index contributed by atoms with van der Waals surface area (Å²) in [6.45, 7) is 4.24.